The van der Waals surface area contributed by atoms with Gasteiger partial charge in [-0.2, -0.15) is 0 Å². The molecule has 2 aliphatic rings. The number of aromatic nitrogens is 3. The van der Waals surface area contributed by atoms with E-state index in [1.165, 1.54) is 0 Å². The zero-order valence-corrected chi connectivity index (χ0v) is 27.3. The Morgan fingerprint density at radius 1 is 0.816 bits per heavy atom. The van der Waals surface area contributed by atoms with Gasteiger partial charge in [0.2, 0.25) is 5.95 Å². The van der Waals surface area contributed by atoms with Crippen LogP contribution in [0.3, 0.4) is 0 Å². The molecule has 0 bridgehead atoms. The predicted octanol–water partition coefficient (Wildman–Crippen LogP) is 5.33. The van der Waals surface area contributed by atoms with Crippen LogP contribution >= 0.6 is 0 Å². The number of anilines is 1. The average Bonchev–Trinajstić information content (AvgIpc) is 3.18. The Balaban J connectivity index is 1.05. The van der Waals surface area contributed by atoms with Crippen molar-refractivity contribution in [3.63, 3.8) is 0 Å². The number of amides is 1. The summed E-state index contributed by atoms with van der Waals surface area (Å²) in [6.45, 7) is 4.72. The molecule has 5 aromatic rings. The van der Waals surface area contributed by atoms with Crippen LogP contribution in [0.1, 0.15) is 51.4 Å². The lowest BCUT2D eigenvalue weighted by Gasteiger charge is -2.40. The number of ether oxygens (including phenoxy) is 2. The minimum atomic E-state index is -0.539. The third kappa shape index (κ3) is 8.01. The minimum absolute atomic E-state index is 0.00647. The van der Waals surface area contributed by atoms with Crippen LogP contribution in [-0.2, 0) is 22.6 Å². The lowest BCUT2D eigenvalue weighted by atomic mass is 9.97. The summed E-state index contributed by atoms with van der Waals surface area (Å²) in [5.74, 6) is 0.614. The maximum absolute atomic E-state index is 12.7. The number of hydrogen-bond donors (Lipinski definition) is 2. The van der Waals surface area contributed by atoms with Crippen molar-refractivity contribution in [1.29, 1.82) is 0 Å². The van der Waals surface area contributed by atoms with Gasteiger partial charge in [-0.1, -0.05) is 72.8 Å². The molecule has 3 aromatic carbocycles. The number of aliphatic hydroxyl groups is 1. The summed E-state index contributed by atoms with van der Waals surface area (Å²) in [5, 5.41) is 12.6. The average molecular weight is 657 g/mol. The second-order valence-corrected chi connectivity index (χ2v) is 12.4. The highest BCUT2D eigenvalue weighted by Gasteiger charge is 2.34. The summed E-state index contributed by atoms with van der Waals surface area (Å²) in [6, 6.07) is 29.7. The minimum Gasteiger partial charge on any atom is -0.392 e. The van der Waals surface area contributed by atoms with E-state index in [0.29, 0.717) is 12.1 Å². The number of carbonyl (C=O) groups is 1. The number of benzene rings is 3. The molecule has 2 saturated heterocycles. The smallest absolute Gasteiger partial charge is 0.253 e. The highest BCUT2D eigenvalue weighted by molar-refractivity contribution is 5.93. The van der Waals surface area contributed by atoms with Crippen molar-refractivity contribution in [3.8, 4) is 11.1 Å². The number of carbonyl (C=O) groups excluding carboxylic acids is 1. The highest BCUT2D eigenvalue weighted by Crippen LogP contribution is 2.39. The molecule has 2 N–H and O–H groups in total. The molecule has 1 amide bonds. The Labute approximate surface area is 286 Å². The van der Waals surface area contributed by atoms with E-state index in [2.05, 4.69) is 60.4 Å². The topological polar surface area (TPSA) is 113 Å². The van der Waals surface area contributed by atoms with Gasteiger partial charge in [0.25, 0.3) is 5.91 Å². The van der Waals surface area contributed by atoms with E-state index in [9.17, 15) is 9.90 Å². The molecule has 7 rings (SSSR count). The number of nitrogens with one attached hydrogen (secondary N) is 1. The second kappa shape index (κ2) is 15.5. The fraction of sp³-hybridized carbons (Fsp3) is 0.282. The van der Waals surface area contributed by atoms with Gasteiger partial charge in [0.1, 0.15) is 0 Å². The quantitative estimate of drug-likeness (QED) is 0.206. The molecule has 10 nitrogen and oxygen atoms in total. The maximum atomic E-state index is 12.7. The van der Waals surface area contributed by atoms with E-state index in [-0.39, 0.29) is 24.7 Å². The molecule has 10 heteroatoms. The van der Waals surface area contributed by atoms with Gasteiger partial charge < -0.3 is 24.8 Å². The molecular formula is C39H40N6O4. The van der Waals surface area contributed by atoms with Gasteiger partial charge >= 0.3 is 0 Å². The van der Waals surface area contributed by atoms with E-state index in [1.54, 1.807) is 36.9 Å². The first-order chi connectivity index (χ1) is 24.1. The SMILES string of the molecule is O=C(NCc1ccccc1-c1ccc([C@@H]2O[C@H](CN3CCN(c4ncccn4)CC3)C[C@H](c3ccc(CO)cc3)O2)cc1)c1cccnc1. The zero-order valence-electron chi connectivity index (χ0n) is 27.3. The molecule has 250 valence electrons. The van der Waals surface area contributed by atoms with Gasteiger partial charge in [-0.3, -0.25) is 14.7 Å². The van der Waals surface area contributed by atoms with Crippen LogP contribution in [0.25, 0.3) is 11.1 Å². The first-order valence-corrected chi connectivity index (χ1v) is 16.7. The summed E-state index contributed by atoms with van der Waals surface area (Å²) < 4.78 is 13.3. The molecule has 49 heavy (non-hydrogen) atoms. The van der Waals surface area contributed by atoms with Crippen molar-refractivity contribution in [2.75, 3.05) is 37.6 Å². The number of hydrogen-bond acceptors (Lipinski definition) is 9. The Morgan fingerprint density at radius 3 is 2.31 bits per heavy atom. The van der Waals surface area contributed by atoms with Crippen LogP contribution < -0.4 is 10.2 Å². The molecule has 0 aliphatic carbocycles. The fourth-order valence-electron chi connectivity index (χ4n) is 6.46. The molecular weight excluding hydrogens is 616 g/mol. The fourth-order valence-corrected chi connectivity index (χ4v) is 6.46. The van der Waals surface area contributed by atoms with E-state index in [4.69, 9.17) is 9.47 Å². The molecule has 0 saturated carbocycles. The van der Waals surface area contributed by atoms with Gasteiger partial charge in [-0.25, -0.2) is 9.97 Å². The van der Waals surface area contributed by atoms with Gasteiger partial charge in [-0.05, 0) is 46.0 Å². The van der Waals surface area contributed by atoms with Crippen molar-refractivity contribution in [2.24, 2.45) is 0 Å². The van der Waals surface area contributed by atoms with E-state index in [1.807, 2.05) is 48.5 Å². The van der Waals surface area contributed by atoms with Crippen molar-refractivity contribution < 1.29 is 19.4 Å². The molecule has 0 unspecified atom stereocenters. The molecule has 0 spiro atoms. The first kappa shape index (κ1) is 32.5. The van der Waals surface area contributed by atoms with Crippen LogP contribution in [0, 0.1) is 0 Å². The number of aliphatic hydroxyl groups excluding tert-OH is 1. The monoisotopic (exact) mass is 656 g/mol. The van der Waals surface area contributed by atoms with E-state index < -0.39 is 6.29 Å². The Kier molecular flexibility index (Phi) is 10.3. The first-order valence-electron chi connectivity index (χ1n) is 16.7. The van der Waals surface area contributed by atoms with Crippen molar-refractivity contribution in [3.05, 3.63) is 144 Å². The molecule has 2 aromatic heterocycles. The third-order valence-electron chi connectivity index (χ3n) is 9.16. The predicted molar refractivity (Wildman–Crippen MR) is 186 cm³/mol. The molecule has 4 heterocycles. The lowest BCUT2D eigenvalue weighted by molar-refractivity contribution is -0.253. The molecule has 2 fully saturated rings. The van der Waals surface area contributed by atoms with Gasteiger partial charge in [0.15, 0.2) is 6.29 Å². The van der Waals surface area contributed by atoms with Crippen LogP contribution in [-0.4, -0.2) is 69.7 Å². The summed E-state index contributed by atoms with van der Waals surface area (Å²) in [4.78, 5) is 30.2. The lowest BCUT2D eigenvalue weighted by Crippen LogP contribution is -2.50. The molecule has 3 atom stereocenters. The van der Waals surface area contributed by atoms with E-state index in [0.717, 1.165) is 78.5 Å². The van der Waals surface area contributed by atoms with Crippen molar-refractivity contribution in [1.82, 2.24) is 25.2 Å². The Morgan fingerprint density at radius 2 is 1.57 bits per heavy atom. The number of pyridine rings is 1. The summed E-state index contributed by atoms with van der Waals surface area (Å²) >= 11 is 0. The number of nitrogens with zero attached hydrogens (tertiary/aromatic N) is 5. The highest BCUT2D eigenvalue weighted by atomic mass is 16.7. The Hall–Kier alpha value is -5.00. The van der Waals surface area contributed by atoms with Crippen LogP contribution in [0.5, 0.6) is 0 Å². The van der Waals surface area contributed by atoms with Gasteiger partial charge in [-0.15, -0.1) is 0 Å². The standard InChI is InChI=1S/C39H40N6O4/c46-27-28-8-10-30(11-9-28)36-23-34(26-44-19-21-45(22-20-44)39-41-17-4-18-42-39)48-38(49-36)31-14-12-29(13-15-31)35-7-2-1-5-32(35)25-43-37(47)33-6-3-16-40-24-33/h1-18,24,34,36,38,46H,19-23,25-27H2,(H,43,47)/t34-,36+,38+/m0/s1. The number of rotatable bonds is 10. The largest absolute Gasteiger partial charge is 0.392 e. The van der Waals surface area contributed by atoms with Crippen molar-refractivity contribution >= 4 is 11.9 Å². The third-order valence-corrected chi connectivity index (χ3v) is 9.16. The van der Waals surface area contributed by atoms with Gasteiger partial charge in [0.05, 0.1) is 24.4 Å². The summed E-state index contributed by atoms with van der Waals surface area (Å²) in [5.41, 5.74) is 6.52. The molecule has 2 aliphatic heterocycles. The van der Waals surface area contributed by atoms with Gasteiger partial charge in [0, 0.05) is 76.0 Å². The normalized spacial score (nSPS) is 19.8. The van der Waals surface area contributed by atoms with Crippen molar-refractivity contribution in [2.45, 2.75) is 38.1 Å². The molecule has 0 radical (unpaired) electrons. The number of piperazine rings is 1. The summed E-state index contributed by atoms with van der Waals surface area (Å²) in [6.07, 6.45) is 6.79. The van der Waals surface area contributed by atoms with Crippen LogP contribution in [0.4, 0.5) is 5.95 Å². The summed E-state index contributed by atoms with van der Waals surface area (Å²) in [7, 11) is 0. The van der Waals surface area contributed by atoms with E-state index >= 15 is 0 Å². The second-order valence-electron chi connectivity index (χ2n) is 12.4. The zero-order chi connectivity index (χ0) is 33.4. The van der Waals surface area contributed by atoms with Crippen LogP contribution in [0.2, 0.25) is 0 Å². The van der Waals surface area contributed by atoms with Crippen LogP contribution in [0.15, 0.2) is 116 Å². The maximum Gasteiger partial charge on any atom is 0.253 e. The Bertz CT molecular complexity index is 1800.